The van der Waals surface area contributed by atoms with Crippen molar-refractivity contribution in [2.45, 2.75) is 37.8 Å². The number of amides is 1. The van der Waals surface area contributed by atoms with Crippen molar-refractivity contribution >= 4 is 17.5 Å². The van der Waals surface area contributed by atoms with Gasteiger partial charge in [0.15, 0.2) is 0 Å². The SMILES string of the molecule is NNC(=O)CCC[N+]1(O)CCC(c2ccc(Cl)c(C(F)(F)F)c2)CC1. The summed E-state index contributed by atoms with van der Waals surface area (Å²) in [6.45, 7) is 1.27. The molecule has 1 saturated heterocycles. The van der Waals surface area contributed by atoms with Crippen molar-refractivity contribution < 1.29 is 27.8 Å². The number of hydrazine groups is 1. The Hall–Kier alpha value is -1.35. The fraction of sp³-hybridized carbons (Fsp3) is 0.562. The smallest absolute Gasteiger partial charge is 0.294 e. The first-order valence-corrected chi connectivity index (χ1v) is 8.47. The van der Waals surface area contributed by atoms with Gasteiger partial charge in [-0.15, -0.1) is 0 Å². The number of rotatable bonds is 5. The number of hydrogen-bond acceptors (Lipinski definition) is 3. The molecule has 0 spiro atoms. The molecule has 140 valence electrons. The fourth-order valence-corrected chi connectivity index (χ4v) is 3.45. The zero-order chi connectivity index (χ0) is 18.7. The van der Waals surface area contributed by atoms with E-state index in [9.17, 15) is 23.2 Å². The molecule has 25 heavy (non-hydrogen) atoms. The van der Waals surface area contributed by atoms with E-state index in [1.54, 1.807) is 6.07 Å². The lowest BCUT2D eigenvalue weighted by Gasteiger charge is -2.37. The average molecular weight is 381 g/mol. The largest absolute Gasteiger partial charge is 0.417 e. The number of carbonyl (C=O) groups is 1. The number of hydrogen-bond donors (Lipinski definition) is 3. The number of halogens is 4. The van der Waals surface area contributed by atoms with Gasteiger partial charge in [-0.3, -0.25) is 10.2 Å². The van der Waals surface area contributed by atoms with Gasteiger partial charge in [0.25, 0.3) is 0 Å². The Balaban J connectivity index is 1.97. The molecule has 5 nitrogen and oxygen atoms in total. The van der Waals surface area contributed by atoms with Gasteiger partial charge in [0.2, 0.25) is 5.91 Å². The Morgan fingerprint density at radius 2 is 2.00 bits per heavy atom. The number of alkyl halides is 3. The number of nitrogens with two attached hydrogens (primary N) is 1. The van der Waals surface area contributed by atoms with E-state index in [4.69, 9.17) is 17.4 Å². The zero-order valence-corrected chi connectivity index (χ0v) is 14.4. The van der Waals surface area contributed by atoms with E-state index in [-0.39, 0.29) is 27.9 Å². The zero-order valence-electron chi connectivity index (χ0n) is 13.7. The summed E-state index contributed by atoms with van der Waals surface area (Å²) < 4.78 is 38.8. The monoisotopic (exact) mass is 380 g/mol. The van der Waals surface area contributed by atoms with Crippen molar-refractivity contribution in [3.63, 3.8) is 0 Å². The molecule has 0 aliphatic carbocycles. The van der Waals surface area contributed by atoms with Crippen LogP contribution in [0, 0.1) is 0 Å². The van der Waals surface area contributed by atoms with Crippen LogP contribution in [0.2, 0.25) is 5.02 Å². The molecule has 9 heteroatoms. The van der Waals surface area contributed by atoms with Crippen LogP contribution in [0.25, 0.3) is 0 Å². The molecule has 1 fully saturated rings. The molecule has 1 aliphatic heterocycles. The maximum Gasteiger partial charge on any atom is 0.417 e. The first kappa shape index (κ1) is 20.0. The molecule has 1 aromatic rings. The Kier molecular flexibility index (Phi) is 6.31. The predicted octanol–water partition coefficient (Wildman–Crippen LogP) is 3.21. The summed E-state index contributed by atoms with van der Waals surface area (Å²) in [6, 6.07) is 4.00. The number of benzene rings is 1. The fourth-order valence-electron chi connectivity index (χ4n) is 3.23. The highest BCUT2D eigenvalue weighted by Gasteiger charge is 2.36. The van der Waals surface area contributed by atoms with E-state index in [1.807, 2.05) is 5.43 Å². The Morgan fingerprint density at radius 3 is 2.56 bits per heavy atom. The van der Waals surface area contributed by atoms with E-state index in [0.717, 1.165) is 6.07 Å². The van der Waals surface area contributed by atoms with Crippen molar-refractivity contribution in [2.24, 2.45) is 5.84 Å². The maximum absolute atomic E-state index is 13.0. The highest BCUT2D eigenvalue weighted by atomic mass is 35.5. The van der Waals surface area contributed by atoms with E-state index in [1.165, 1.54) is 6.07 Å². The van der Waals surface area contributed by atoms with Crippen LogP contribution in [-0.4, -0.2) is 35.4 Å². The van der Waals surface area contributed by atoms with Crippen molar-refractivity contribution in [3.05, 3.63) is 34.3 Å². The van der Waals surface area contributed by atoms with Gasteiger partial charge >= 0.3 is 6.18 Å². The molecule has 0 atom stereocenters. The molecule has 0 saturated carbocycles. The third-order valence-corrected chi connectivity index (χ3v) is 5.02. The predicted molar refractivity (Wildman–Crippen MR) is 86.6 cm³/mol. The molecule has 1 amide bonds. The summed E-state index contributed by atoms with van der Waals surface area (Å²) in [4.78, 5) is 11.1. The lowest BCUT2D eigenvalue weighted by molar-refractivity contribution is -1.10. The number of carbonyl (C=O) groups excluding carboxylic acids is 1. The van der Waals surface area contributed by atoms with Crippen LogP contribution in [0.5, 0.6) is 0 Å². The third kappa shape index (κ3) is 5.31. The number of hydroxylamine groups is 3. The average Bonchev–Trinajstić information content (AvgIpc) is 2.55. The highest BCUT2D eigenvalue weighted by molar-refractivity contribution is 6.31. The van der Waals surface area contributed by atoms with E-state index < -0.39 is 11.7 Å². The molecule has 0 unspecified atom stereocenters. The van der Waals surface area contributed by atoms with Gasteiger partial charge in [-0.25, -0.2) is 11.0 Å². The second kappa shape index (κ2) is 7.90. The van der Waals surface area contributed by atoms with E-state index in [2.05, 4.69) is 0 Å². The van der Waals surface area contributed by atoms with Crippen LogP contribution < -0.4 is 11.3 Å². The van der Waals surface area contributed by atoms with Crippen LogP contribution in [0.4, 0.5) is 13.2 Å². The first-order valence-electron chi connectivity index (χ1n) is 8.09. The number of quaternary nitrogens is 1. The Labute approximate surface area is 149 Å². The summed E-state index contributed by atoms with van der Waals surface area (Å²) in [6.07, 6.45) is -2.63. The molecule has 4 N–H and O–H groups in total. The summed E-state index contributed by atoms with van der Waals surface area (Å²) in [5.41, 5.74) is 1.80. The Morgan fingerprint density at radius 1 is 1.36 bits per heavy atom. The van der Waals surface area contributed by atoms with Gasteiger partial charge in [0.05, 0.1) is 10.6 Å². The summed E-state index contributed by atoms with van der Waals surface area (Å²) >= 11 is 5.66. The van der Waals surface area contributed by atoms with Crippen LogP contribution in [0.15, 0.2) is 18.2 Å². The molecule has 1 heterocycles. The summed E-state index contributed by atoms with van der Waals surface area (Å²) in [7, 11) is 0. The molecule has 1 aliphatic rings. The van der Waals surface area contributed by atoms with Crippen molar-refractivity contribution in [1.29, 1.82) is 0 Å². The van der Waals surface area contributed by atoms with E-state index in [0.29, 0.717) is 44.5 Å². The number of nitrogens with zero attached hydrogens (tertiary/aromatic N) is 1. The quantitative estimate of drug-likeness (QED) is 0.318. The lowest BCUT2D eigenvalue weighted by Crippen LogP contribution is -2.50. The molecular formula is C16H22ClF3N3O2+. The van der Waals surface area contributed by atoms with Gasteiger partial charge in [0, 0.05) is 25.7 Å². The minimum atomic E-state index is -4.48. The van der Waals surface area contributed by atoms with Gasteiger partial charge in [0.1, 0.15) is 19.6 Å². The number of piperidine rings is 1. The molecular weight excluding hydrogens is 359 g/mol. The summed E-state index contributed by atoms with van der Waals surface area (Å²) in [5, 5.41) is 10.2. The molecule has 1 aromatic carbocycles. The lowest BCUT2D eigenvalue weighted by atomic mass is 9.88. The van der Waals surface area contributed by atoms with Crippen LogP contribution in [-0.2, 0) is 11.0 Å². The van der Waals surface area contributed by atoms with E-state index >= 15 is 0 Å². The standard InChI is InChI=1S/C16H21ClF3N3O2/c17-14-4-3-12(10-13(14)16(18,19)20)11-5-8-23(25,9-6-11)7-1-2-15(24)22-21/h3-4,10-11,25H,1-2,5-9,21H2/p+1. The molecule has 0 bridgehead atoms. The third-order valence-electron chi connectivity index (χ3n) is 4.69. The normalized spacial score (nSPS) is 24.2. The molecule has 0 radical (unpaired) electrons. The van der Waals surface area contributed by atoms with Crippen LogP contribution >= 0.6 is 11.6 Å². The van der Waals surface area contributed by atoms with Gasteiger partial charge in [-0.1, -0.05) is 17.7 Å². The molecule has 0 aromatic heterocycles. The van der Waals surface area contributed by atoms with Crippen molar-refractivity contribution in [3.8, 4) is 0 Å². The second-order valence-corrected chi connectivity index (χ2v) is 6.86. The minimum Gasteiger partial charge on any atom is -0.294 e. The number of nitrogens with one attached hydrogen (secondary N) is 1. The van der Waals surface area contributed by atoms with Crippen LogP contribution in [0.1, 0.15) is 42.7 Å². The van der Waals surface area contributed by atoms with Gasteiger partial charge in [-0.05, 0) is 23.6 Å². The maximum atomic E-state index is 13.0. The van der Waals surface area contributed by atoms with Gasteiger partial charge in [-0.2, -0.15) is 17.8 Å². The van der Waals surface area contributed by atoms with Crippen molar-refractivity contribution in [1.82, 2.24) is 5.43 Å². The minimum absolute atomic E-state index is 0.0518. The topological polar surface area (TPSA) is 75.3 Å². The summed E-state index contributed by atoms with van der Waals surface area (Å²) in [5.74, 6) is 4.66. The van der Waals surface area contributed by atoms with Crippen LogP contribution in [0.3, 0.4) is 0 Å². The number of likely N-dealkylation sites (tertiary alicyclic amines) is 1. The second-order valence-electron chi connectivity index (χ2n) is 6.45. The molecule has 2 rings (SSSR count). The van der Waals surface area contributed by atoms with Crippen molar-refractivity contribution in [2.75, 3.05) is 19.6 Å². The first-order chi connectivity index (χ1) is 11.6. The van der Waals surface area contributed by atoms with Gasteiger partial charge < -0.3 is 0 Å². The highest BCUT2D eigenvalue weighted by Crippen LogP contribution is 2.38. The Bertz CT molecular complexity index is 617.